The molecule has 84 valence electrons. The Bertz CT molecular complexity index is 317. The van der Waals surface area contributed by atoms with Crippen molar-refractivity contribution in [1.82, 2.24) is 0 Å². The van der Waals surface area contributed by atoms with Crippen molar-refractivity contribution in [3.05, 3.63) is 23.2 Å². The third-order valence-electron chi connectivity index (χ3n) is 2.13. The van der Waals surface area contributed by atoms with Crippen LogP contribution in [0.5, 0.6) is 5.75 Å². The quantitative estimate of drug-likeness (QED) is 0.815. The van der Waals surface area contributed by atoms with Gasteiger partial charge in [0.1, 0.15) is 5.75 Å². The molecular formula is C11H16ClNO2. The van der Waals surface area contributed by atoms with Gasteiger partial charge in [0, 0.05) is 19.2 Å². The zero-order valence-corrected chi connectivity index (χ0v) is 9.71. The summed E-state index contributed by atoms with van der Waals surface area (Å²) in [6.45, 7) is 2.80. The van der Waals surface area contributed by atoms with Crippen LogP contribution in [-0.4, -0.2) is 25.4 Å². The maximum Gasteiger partial charge on any atom is 0.121 e. The molecule has 0 aliphatic heterocycles. The van der Waals surface area contributed by atoms with Crippen molar-refractivity contribution in [2.24, 2.45) is 5.92 Å². The molecule has 0 amide bonds. The molecule has 0 aliphatic carbocycles. The van der Waals surface area contributed by atoms with Crippen LogP contribution in [0.15, 0.2) is 18.2 Å². The number of hydrogen-bond donors (Lipinski definition) is 2. The van der Waals surface area contributed by atoms with Crippen molar-refractivity contribution in [3.63, 3.8) is 0 Å². The monoisotopic (exact) mass is 229 g/mol. The van der Waals surface area contributed by atoms with Gasteiger partial charge in [0.2, 0.25) is 0 Å². The summed E-state index contributed by atoms with van der Waals surface area (Å²) >= 11 is 6.00. The Morgan fingerprint density at radius 1 is 1.53 bits per heavy atom. The minimum absolute atomic E-state index is 0.161. The summed E-state index contributed by atoms with van der Waals surface area (Å²) in [7, 11) is 1.61. The number of rotatable bonds is 5. The lowest BCUT2D eigenvalue weighted by molar-refractivity contribution is 0.244. The smallest absolute Gasteiger partial charge is 0.121 e. The Labute approximate surface area is 95.0 Å². The van der Waals surface area contributed by atoms with E-state index in [-0.39, 0.29) is 12.5 Å². The molecule has 3 nitrogen and oxygen atoms in total. The van der Waals surface area contributed by atoms with E-state index in [1.165, 1.54) is 0 Å². The van der Waals surface area contributed by atoms with Crippen molar-refractivity contribution in [2.75, 3.05) is 25.6 Å². The third-order valence-corrected chi connectivity index (χ3v) is 2.46. The Hall–Kier alpha value is -0.930. The Morgan fingerprint density at radius 3 is 2.87 bits per heavy atom. The van der Waals surface area contributed by atoms with Gasteiger partial charge in [-0.2, -0.15) is 0 Å². The zero-order valence-electron chi connectivity index (χ0n) is 8.96. The Kier molecular flexibility index (Phi) is 4.72. The van der Waals surface area contributed by atoms with Gasteiger partial charge in [0.15, 0.2) is 0 Å². The lowest BCUT2D eigenvalue weighted by Crippen LogP contribution is -2.14. The van der Waals surface area contributed by atoms with Crippen LogP contribution in [0.25, 0.3) is 0 Å². The van der Waals surface area contributed by atoms with Gasteiger partial charge in [0.25, 0.3) is 0 Å². The molecule has 0 radical (unpaired) electrons. The highest BCUT2D eigenvalue weighted by Crippen LogP contribution is 2.26. The van der Waals surface area contributed by atoms with Crippen LogP contribution in [0.3, 0.4) is 0 Å². The fourth-order valence-corrected chi connectivity index (χ4v) is 1.30. The molecule has 1 atom stereocenters. The zero-order chi connectivity index (χ0) is 11.3. The van der Waals surface area contributed by atoms with Gasteiger partial charge in [0.05, 0.1) is 17.8 Å². The van der Waals surface area contributed by atoms with E-state index < -0.39 is 0 Å². The third kappa shape index (κ3) is 3.61. The number of methoxy groups -OCH3 is 1. The highest BCUT2D eigenvalue weighted by Gasteiger charge is 2.04. The number of benzene rings is 1. The maximum atomic E-state index is 8.89. The van der Waals surface area contributed by atoms with Gasteiger partial charge < -0.3 is 15.2 Å². The lowest BCUT2D eigenvalue weighted by atomic mass is 10.2. The SMILES string of the molecule is COc1ccc(Cl)c(NCC(C)CO)c1. The summed E-state index contributed by atoms with van der Waals surface area (Å²) in [4.78, 5) is 0. The number of hydrogen-bond acceptors (Lipinski definition) is 3. The number of aliphatic hydroxyl groups excluding tert-OH is 1. The molecule has 4 heteroatoms. The number of anilines is 1. The predicted molar refractivity (Wildman–Crippen MR) is 62.7 cm³/mol. The number of aliphatic hydroxyl groups is 1. The summed E-state index contributed by atoms with van der Waals surface area (Å²) in [6.07, 6.45) is 0. The van der Waals surface area contributed by atoms with E-state index in [1.54, 1.807) is 13.2 Å². The molecule has 0 bridgehead atoms. The van der Waals surface area contributed by atoms with Crippen LogP contribution in [0.4, 0.5) is 5.69 Å². The second kappa shape index (κ2) is 5.83. The largest absolute Gasteiger partial charge is 0.497 e. The van der Waals surface area contributed by atoms with Crippen molar-refractivity contribution in [2.45, 2.75) is 6.92 Å². The standard InChI is InChI=1S/C11H16ClNO2/c1-8(7-14)6-13-11-5-9(15-2)3-4-10(11)12/h3-5,8,13-14H,6-7H2,1-2H3. The minimum Gasteiger partial charge on any atom is -0.497 e. The van der Waals surface area contributed by atoms with Gasteiger partial charge in [-0.1, -0.05) is 18.5 Å². The summed E-state index contributed by atoms with van der Waals surface area (Å²) in [5.74, 6) is 0.964. The molecule has 0 aromatic heterocycles. The Morgan fingerprint density at radius 2 is 2.27 bits per heavy atom. The number of nitrogens with one attached hydrogen (secondary N) is 1. The molecule has 1 rings (SSSR count). The summed E-state index contributed by atoms with van der Waals surface area (Å²) in [5.41, 5.74) is 0.830. The number of halogens is 1. The average molecular weight is 230 g/mol. The molecule has 0 heterocycles. The van der Waals surface area contributed by atoms with Gasteiger partial charge in [-0.25, -0.2) is 0 Å². The molecule has 1 aromatic rings. The van der Waals surface area contributed by atoms with E-state index in [0.29, 0.717) is 11.6 Å². The van der Waals surface area contributed by atoms with Gasteiger partial charge in [-0.05, 0) is 18.1 Å². The van der Waals surface area contributed by atoms with E-state index in [9.17, 15) is 0 Å². The fraction of sp³-hybridized carbons (Fsp3) is 0.455. The van der Waals surface area contributed by atoms with Crippen molar-refractivity contribution in [3.8, 4) is 5.75 Å². The second-order valence-corrected chi connectivity index (χ2v) is 3.92. The summed E-state index contributed by atoms with van der Waals surface area (Å²) in [5, 5.41) is 12.7. The molecule has 1 unspecified atom stereocenters. The first kappa shape index (κ1) is 12.1. The molecule has 0 aliphatic rings. The van der Waals surface area contributed by atoms with E-state index in [2.05, 4.69) is 5.32 Å². The predicted octanol–water partition coefficient (Wildman–Crippen LogP) is 2.39. The van der Waals surface area contributed by atoms with Gasteiger partial charge >= 0.3 is 0 Å². The number of ether oxygens (including phenoxy) is 1. The summed E-state index contributed by atoms with van der Waals surface area (Å²) < 4.78 is 5.09. The Balaban J connectivity index is 2.66. The first-order valence-electron chi connectivity index (χ1n) is 4.85. The fourth-order valence-electron chi connectivity index (χ4n) is 1.12. The van der Waals surface area contributed by atoms with Crippen LogP contribution in [0, 0.1) is 5.92 Å². The molecule has 2 N–H and O–H groups in total. The first-order valence-corrected chi connectivity index (χ1v) is 5.23. The van der Waals surface area contributed by atoms with Crippen LogP contribution < -0.4 is 10.1 Å². The van der Waals surface area contributed by atoms with Crippen molar-refractivity contribution >= 4 is 17.3 Å². The average Bonchev–Trinajstić information content (AvgIpc) is 2.27. The van der Waals surface area contributed by atoms with Crippen LogP contribution in [0.1, 0.15) is 6.92 Å². The lowest BCUT2D eigenvalue weighted by Gasteiger charge is -2.13. The molecular weight excluding hydrogens is 214 g/mol. The molecule has 15 heavy (non-hydrogen) atoms. The summed E-state index contributed by atoms with van der Waals surface area (Å²) in [6, 6.07) is 5.43. The highest BCUT2D eigenvalue weighted by atomic mass is 35.5. The van der Waals surface area contributed by atoms with Gasteiger partial charge in [-0.15, -0.1) is 0 Å². The van der Waals surface area contributed by atoms with E-state index in [0.717, 1.165) is 11.4 Å². The second-order valence-electron chi connectivity index (χ2n) is 3.51. The van der Waals surface area contributed by atoms with Crippen molar-refractivity contribution in [1.29, 1.82) is 0 Å². The molecule has 0 saturated heterocycles. The molecule has 0 fully saturated rings. The first-order chi connectivity index (χ1) is 7.17. The van der Waals surface area contributed by atoms with E-state index in [4.69, 9.17) is 21.4 Å². The van der Waals surface area contributed by atoms with Crippen LogP contribution >= 0.6 is 11.6 Å². The highest BCUT2D eigenvalue weighted by molar-refractivity contribution is 6.33. The van der Waals surface area contributed by atoms with Crippen LogP contribution in [0.2, 0.25) is 5.02 Å². The topological polar surface area (TPSA) is 41.5 Å². The van der Waals surface area contributed by atoms with E-state index >= 15 is 0 Å². The van der Waals surface area contributed by atoms with E-state index in [1.807, 2.05) is 19.1 Å². The van der Waals surface area contributed by atoms with Crippen molar-refractivity contribution < 1.29 is 9.84 Å². The normalized spacial score (nSPS) is 12.3. The molecule has 0 saturated carbocycles. The van der Waals surface area contributed by atoms with Crippen LogP contribution in [-0.2, 0) is 0 Å². The minimum atomic E-state index is 0.161. The molecule has 0 spiro atoms. The maximum absolute atomic E-state index is 8.89. The van der Waals surface area contributed by atoms with Gasteiger partial charge in [-0.3, -0.25) is 0 Å². The molecule has 1 aromatic carbocycles.